The highest BCUT2D eigenvalue weighted by molar-refractivity contribution is 7.89. The Balaban J connectivity index is 1.51. The topological polar surface area (TPSA) is 114 Å². The molecule has 2 unspecified atom stereocenters. The molecule has 0 amide bonds. The van der Waals surface area contributed by atoms with Crippen LogP contribution in [0.1, 0.15) is 55.1 Å². The minimum absolute atomic E-state index is 0.0341. The van der Waals surface area contributed by atoms with E-state index < -0.39 is 28.5 Å². The summed E-state index contributed by atoms with van der Waals surface area (Å²) in [5.41, 5.74) is 1.58. The van der Waals surface area contributed by atoms with Crippen molar-refractivity contribution in [3.8, 4) is 0 Å². The first-order valence-electron chi connectivity index (χ1n) is 13.9. The van der Waals surface area contributed by atoms with Crippen LogP contribution < -0.4 is 10.3 Å². The molecule has 0 radical (unpaired) electrons. The van der Waals surface area contributed by atoms with Gasteiger partial charge in [0.05, 0.1) is 18.3 Å². The van der Waals surface area contributed by atoms with E-state index in [0.29, 0.717) is 36.3 Å². The Kier molecular flexibility index (Phi) is 5.36. The lowest BCUT2D eigenvalue weighted by atomic mass is 9.84. The van der Waals surface area contributed by atoms with Crippen molar-refractivity contribution in [2.24, 2.45) is 18.3 Å². The second kappa shape index (κ2) is 9.14. The zero-order valence-corrected chi connectivity index (χ0v) is 21.4. The van der Waals surface area contributed by atoms with Gasteiger partial charge in [-0.1, -0.05) is 0 Å². The molecule has 2 aromatic heterocycles. The molecule has 5 rings (SSSR count). The third kappa shape index (κ3) is 4.36. The molecule has 2 aromatic rings. The average molecular weight is 518 g/mol. The van der Waals surface area contributed by atoms with Gasteiger partial charge in [0, 0.05) is 65.7 Å². The highest BCUT2D eigenvalue weighted by atomic mass is 32.2. The fourth-order valence-corrected chi connectivity index (χ4v) is 6.47. The highest BCUT2D eigenvalue weighted by Gasteiger charge is 2.59. The fourth-order valence-electron chi connectivity index (χ4n) is 5.78. The number of aromatic nitrogens is 2. The van der Waals surface area contributed by atoms with Crippen molar-refractivity contribution in [1.82, 2.24) is 19.2 Å². The molecule has 2 atom stereocenters. The number of aromatic amines is 1. The van der Waals surface area contributed by atoms with Crippen molar-refractivity contribution in [2.45, 2.75) is 45.4 Å². The molecule has 1 spiro atoms. The van der Waals surface area contributed by atoms with Gasteiger partial charge in [-0.25, -0.2) is 8.42 Å². The van der Waals surface area contributed by atoms with Gasteiger partial charge in [0.2, 0.25) is 10.0 Å². The molecule has 194 valence electrons. The third-order valence-corrected chi connectivity index (χ3v) is 9.26. The second-order valence-electron chi connectivity index (χ2n) is 9.93. The largest absolute Gasteiger partial charge is 0.466 e. The second-order valence-corrected chi connectivity index (χ2v) is 11.9. The maximum Gasteiger partial charge on any atom is 0.309 e. The zero-order valence-electron chi connectivity index (χ0n) is 23.5. The molecule has 1 aliphatic heterocycles. The van der Waals surface area contributed by atoms with Crippen molar-refractivity contribution in [3.05, 3.63) is 57.9 Å². The number of nitrogens with one attached hydrogen (secondary N) is 2. The first-order chi connectivity index (χ1) is 18.4. The van der Waals surface area contributed by atoms with E-state index in [9.17, 15) is 18.0 Å². The van der Waals surface area contributed by atoms with Gasteiger partial charge >= 0.3 is 5.97 Å². The van der Waals surface area contributed by atoms with Gasteiger partial charge in [0.25, 0.3) is 5.56 Å². The van der Waals surface area contributed by atoms with Crippen molar-refractivity contribution < 1.29 is 22.1 Å². The number of sulfonamides is 1. The lowest BCUT2D eigenvalue weighted by molar-refractivity contribution is -0.145. The normalized spacial score (nSPS) is 24.9. The maximum atomic E-state index is 13.0. The minimum Gasteiger partial charge on any atom is -0.466 e. The number of likely N-dealkylation sites (tertiary alicyclic amines) is 1. The van der Waals surface area contributed by atoms with Crippen LogP contribution in [0.2, 0.25) is 0 Å². The number of esters is 1. The Bertz CT molecular complexity index is 1510. The van der Waals surface area contributed by atoms with E-state index in [1.54, 1.807) is 25.3 Å². The fraction of sp³-hybridized carbons (Fsp3) is 0.538. The number of carbonyl (C=O) groups excluding carboxylic acids is 1. The summed E-state index contributed by atoms with van der Waals surface area (Å²) < 4.78 is 57.2. The number of ether oxygens (including phenoxy) is 1. The van der Waals surface area contributed by atoms with Crippen LogP contribution in [-0.4, -0.2) is 54.3 Å². The van der Waals surface area contributed by atoms with E-state index >= 15 is 0 Å². The maximum absolute atomic E-state index is 13.0. The molecule has 9 nitrogen and oxygen atoms in total. The van der Waals surface area contributed by atoms with Crippen molar-refractivity contribution >= 4 is 26.9 Å². The van der Waals surface area contributed by atoms with Crippen molar-refractivity contribution in [2.75, 3.05) is 25.4 Å². The van der Waals surface area contributed by atoms with Crippen LogP contribution in [0.5, 0.6) is 0 Å². The number of fused-ring (bicyclic) bond motifs is 1. The van der Waals surface area contributed by atoms with Gasteiger partial charge in [-0.15, -0.1) is 0 Å². The first-order valence-corrected chi connectivity index (χ1v) is 14.1. The summed E-state index contributed by atoms with van der Waals surface area (Å²) in [4.78, 5) is 30.4. The molecule has 2 fully saturated rings. The van der Waals surface area contributed by atoms with Gasteiger partial charge in [-0.05, 0) is 62.3 Å². The number of aryl methyl sites for hydroxylation is 1. The summed E-state index contributed by atoms with van der Waals surface area (Å²) in [5, 5.41) is 0.606. The number of H-pyrrole nitrogens is 1. The van der Waals surface area contributed by atoms with Crippen molar-refractivity contribution in [3.63, 3.8) is 0 Å². The van der Waals surface area contributed by atoms with Crippen molar-refractivity contribution in [1.29, 1.82) is 0 Å². The van der Waals surface area contributed by atoms with E-state index in [1.807, 2.05) is 13.0 Å². The van der Waals surface area contributed by atoms with Crippen LogP contribution >= 0.6 is 0 Å². The van der Waals surface area contributed by atoms with Crippen LogP contribution in [0, 0.1) is 11.3 Å². The number of carbonyl (C=O) groups is 1. The van der Waals surface area contributed by atoms with Crippen LogP contribution in [-0.2, 0) is 26.5 Å². The molecule has 2 aliphatic carbocycles. The summed E-state index contributed by atoms with van der Waals surface area (Å²) in [6.07, 6.45) is 9.42. The third-order valence-electron chi connectivity index (χ3n) is 7.92. The Morgan fingerprint density at radius 3 is 2.78 bits per heavy atom. The van der Waals surface area contributed by atoms with Crippen LogP contribution in [0.4, 0.5) is 0 Å². The number of hydrogen-bond donors (Lipinski definition) is 2. The summed E-state index contributed by atoms with van der Waals surface area (Å²) in [6.45, 7) is 2.47. The molecule has 0 bridgehead atoms. The van der Waals surface area contributed by atoms with E-state index in [1.165, 1.54) is 6.20 Å². The van der Waals surface area contributed by atoms with Crippen LogP contribution in [0.3, 0.4) is 0 Å². The predicted octanol–water partition coefficient (Wildman–Crippen LogP) is 2.73. The van der Waals surface area contributed by atoms with Gasteiger partial charge in [-0.2, -0.15) is 0 Å². The molecule has 0 aromatic carbocycles. The van der Waals surface area contributed by atoms with Crippen LogP contribution in [0.15, 0.2) is 46.8 Å². The lowest BCUT2D eigenvalue weighted by Crippen LogP contribution is -2.38. The quantitative estimate of drug-likeness (QED) is 0.546. The van der Waals surface area contributed by atoms with Gasteiger partial charge in [0.15, 0.2) is 0 Å². The number of rotatable bonds is 7. The monoisotopic (exact) mass is 517 g/mol. The standard InChI is InChI=1S/C26H34N4O5S/c1-4-35-25(32)21-15-26(21)9-12-30(13-10-26)22-7-6-17(28-36(33,34)5-2)14-19(22)20-16-29(3)24(31)23-18(20)8-11-27-23/h6-8,11,16,19,21,27-28H,4-5,9-10,12-15H2,1-3H3/i3D3. The summed E-state index contributed by atoms with van der Waals surface area (Å²) in [5.74, 6) is -0.662. The lowest BCUT2D eigenvalue weighted by Gasteiger charge is -2.40. The molecular formula is C26H34N4O5S. The molecule has 3 heterocycles. The Morgan fingerprint density at radius 1 is 1.31 bits per heavy atom. The summed E-state index contributed by atoms with van der Waals surface area (Å²) in [6, 6.07) is 1.75. The average Bonchev–Trinajstić information content (AvgIpc) is 3.34. The van der Waals surface area contributed by atoms with E-state index in [0.717, 1.165) is 29.5 Å². The molecule has 2 N–H and O–H groups in total. The van der Waals surface area contributed by atoms with Gasteiger partial charge in [-0.3, -0.25) is 14.3 Å². The highest BCUT2D eigenvalue weighted by Crippen LogP contribution is 2.60. The zero-order chi connectivity index (χ0) is 28.2. The number of hydrogen-bond acceptors (Lipinski definition) is 6. The molecule has 1 saturated heterocycles. The summed E-state index contributed by atoms with van der Waals surface area (Å²) >= 11 is 0. The first kappa shape index (κ1) is 21.1. The number of allylic oxidation sites excluding steroid dienone is 4. The minimum atomic E-state index is -3.52. The molecule has 1 saturated carbocycles. The molecule has 36 heavy (non-hydrogen) atoms. The predicted molar refractivity (Wildman–Crippen MR) is 138 cm³/mol. The molecular weight excluding hydrogens is 480 g/mol. The van der Waals surface area contributed by atoms with E-state index in [4.69, 9.17) is 8.85 Å². The number of piperidine rings is 1. The number of nitrogens with zero attached hydrogens (tertiary/aromatic N) is 2. The molecule has 3 aliphatic rings. The smallest absolute Gasteiger partial charge is 0.309 e. The van der Waals surface area contributed by atoms with Gasteiger partial charge < -0.3 is 19.2 Å². The SMILES string of the molecule is [2H]C([2H])([2H])n1cc(C2CC(NS(=O)(=O)CC)=CC=C2N2CCC3(CC2)CC3C(=O)OCC)c2cc[nH]c2c1=O. The number of pyridine rings is 1. The van der Waals surface area contributed by atoms with Crippen LogP contribution in [0.25, 0.3) is 10.9 Å². The Labute approximate surface area is 215 Å². The summed E-state index contributed by atoms with van der Waals surface area (Å²) in [7, 11) is -3.52. The van der Waals surface area contributed by atoms with E-state index in [2.05, 4.69) is 14.6 Å². The Hall–Kier alpha value is -3.01. The Morgan fingerprint density at radius 2 is 2.08 bits per heavy atom. The molecule has 10 heteroatoms. The van der Waals surface area contributed by atoms with E-state index in [-0.39, 0.29) is 35.0 Å². The van der Waals surface area contributed by atoms with Gasteiger partial charge in [0.1, 0.15) is 5.52 Å².